The fraction of sp³-hybridized carbons (Fsp3) is 0.333. The number of carbonyl (C=O) groups excluding carboxylic acids is 1. The van der Waals surface area contributed by atoms with E-state index in [-0.39, 0.29) is 11.7 Å². The molecule has 1 aromatic carbocycles. The molecule has 0 saturated carbocycles. The molecule has 0 spiro atoms. The molecule has 0 aliphatic carbocycles. The number of ether oxygens (including phenoxy) is 1. The number of amides is 1. The highest BCUT2D eigenvalue weighted by Gasteiger charge is 2.08. The molecule has 2 aromatic rings. The second-order valence-electron chi connectivity index (χ2n) is 4.40. The standard InChI is InChI=1S/C12H15N3O3/c1-7(2)6-18-12(17)15-11-13-9-4-3-8(16)5-10(9)14-11/h3-5,7,16H,6H2,1-2H3,(H2,13,14,15,17). The SMILES string of the molecule is CC(C)COC(=O)Nc1nc2ccc(O)cc2[nH]1. The zero-order valence-corrected chi connectivity index (χ0v) is 10.2. The van der Waals surface area contributed by atoms with Crippen LogP contribution in [0.5, 0.6) is 5.75 Å². The van der Waals surface area contributed by atoms with Crippen molar-refractivity contribution in [1.82, 2.24) is 9.97 Å². The van der Waals surface area contributed by atoms with Gasteiger partial charge in [-0.1, -0.05) is 13.8 Å². The predicted octanol–water partition coefficient (Wildman–Crippen LogP) is 2.47. The molecule has 1 amide bonds. The van der Waals surface area contributed by atoms with Crippen molar-refractivity contribution in [1.29, 1.82) is 0 Å². The van der Waals surface area contributed by atoms with Crippen LogP contribution in [-0.2, 0) is 4.74 Å². The van der Waals surface area contributed by atoms with Crippen LogP contribution in [-0.4, -0.2) is 27.8 Å². The molecular formula is C12H15N3O3. The molecule has 6 heteroatoms. The number of hydrogen-bond acceptors (Lipinski definition) is 4. The summed E-state index contributed by atoms with van der Waals surface area (Å²) in [5.74, 6) is 0.716. The van der Waals surface area contributed by atoms with Gasteiger partial charge in [-0.25, -0.2) is 9.78 Å². The Bertz CT molecular complexity index is 563. The molecule has 3 N–H and O–H groups in total. The summed E-state index contributed by atoms with van der Waals surface area (Å²) in [4.78, 5) is 18.4. The third-order valence-corrected chi connectivity index (χ3v) is 2.23. The first-order valence-electron chi connectivity index (χ1n) is 5.67. The number of phenolic OH excluding ortho intramolecular Hbond substituents is 1. The zero-order chi connectivity index (χ0) is 13.1. The Labute approximate surface area is 104 Å². The fourth-order valence-corrected chi connectivity index (χ4v) is 1.43. The number of rotatable bonds is 3. The first kappa shape index (κ1) is 12.2. The van der Waals surface area contributed by atoms with Gasteiger partial charge in [0.1, 0.15) is 5.75 Å². The van der Waals surface area contributed by atoms with Gasteiger partial charge >= 0.3 is 6.09 Å². The maximum Gasteiger partial charge on any atom is 0.413 e. The van der Waals surface area contributed by atoms with Crippen LogP contribution in [0.1, 0.15) is 13.8 Å². The number of H-pyrrole nitrogens is 1. The van der Waals surface area contributed by atoms with Crippen molar-refractivity contribution in [3.63, 3.8) is 0 Å². The number of carbonyl (C=O) groups is 1. The van der Waals surface area contributed by atoms with E-state index >= 15 is 0 Å². The average molecular weight is 249 g/mol. The highest BCUT2D eigenvalue weighted by atomic mass is 16.5. The molecule has 1 heterocycles. The summed E-state index contributed by atoms with van der Waals surface area (Å²) in [5, 5.41) is 11.8. The van der Waals surface area contributed by atoms with Crippen molar-refractivity contribution in [2.24, 2.45) is 5.92 Å². The van der Waals surface area contributed by atoms with Crippen LogP contribution in [0.15, 0.2) is 18.2 Å². The van der Waals surface area contributed by atoms with Crippen LogP contribution in [0.25, 0.3) is 11.0 Å². The summed E-state index contributed by atoms with van der Waals surface area (Å²) in [6, 6.07) is 4.72. The molecule has 0 bridgehead atoms. The molecule has 0 unspecified atom stereocenters. The molecule has 0 radical (unpaired) electrons. The Morgan fingerprint density at radius 1 is 1.56 bits per heavy atom. The summed E-state index contributed by atoms with van der Waals surface area (Å²) in [6.07, 6.45) is -0.549. The molecule has 0 atom stereocenters. The van der Waals surface area contributed by atoms with Crippen LogP contribution < -0.4 is 5.32 Å². The highest BCUT2D eigenvalue weighted by Crippen LogP contribution is 2.19. The van der Waals surface area contributed by atoms with Crippen LogP contribution in [0.3, 0.4) is 0 Å². The van der Waals surface area contributed by atoms with E-state index in [1.165, 1.54) is 12.1 Å². The van der Waals surface area contributed by atoms with Gasteiger partial charge in [0.25, 0.3) is 0 Å². The van der Waals surface area contributed by atoms with Gasteiger partial charge in [-0.15, -0.1) is 0 Å². The van der Waals surface area contributed by atoms with Crippen molar-refractivity contribution in [3.8, 4) is 5.75 Å². The third-order valence-electron chi connectivity index (χ3n) is 2.23. The van der Waals surface area contributed by atoms with E-state index in [2.05, 4.69) is 15.3 Å². The molecule has 1 aromatic heterocycles. The van der Waals surface area contributed by atoms with Crippen molar-refractivity contribution < 1.29 is 14.6 Å². The number of benzene rings is 1. The summed E-state index contributed by atoms with van der Waals surface area (Å²) >= 11 is 0. The number of imidazole rings is 1. The molecule has 0 aliphatic heterocycles. The van der Waals surface area contributed by atoms with E-state index in [1.807, 2.05) is 13.8 Å². The van der Waals surface area contributed by atoms with Crippen LogP contribution in [0.2, 0.25) is 0 Å². The molecule has 0 aliphatic rings. The number of fused-ring (bicyclic) bond motifs is 1. The minimum atomic E-state index is -0.549. The summed E-state index contributed by atoms with van der Waals surface area (Å²) in [7, 11) is 0. The van der Waals surface area contributed by atoms with Gasteiger partial charge in [0.15, 0.2) is 0 Å². The van der Waals surface area contributed by atoms with Crippen LogP contribution in [0, 0.1) is 5.92 Å². The Morgan fingerprint density at radius 3 is 3.06 bits per heavy atom. The Balaban J connectivity index is 2.05. The molecule has 96 valence electrons. The van der Waals surface area contributed by atoms with Gasteiger partial charge in [0.2, 0.25) is 5.95 Å². The molecule has 18 heavy (non-hydrogen) atoms. The van der Waals surface area contributed by atoms with Crippen molar-refractivity contribution in [2.45, 2.75) is 13.8 Å². The Kier molecular flexibility index (Phi) is 3.36. The third kappa shape index (κ3) is 2.91. The lowest BCUT2D eigenvalue weighted by molar-refractivity contribution is 0.147. The van der Waals surface area contributed by atoms with Crippen molar-refractivity contribution in [2.75, 3.05) is 11.9 Å². The summed E-state index contributed by atoms with van der Waals surface area (Å²) < 4.78 is 4.97. The van der Waals surface area contributed by atoms with E-state index in [0.717, 1.165) is 0 Å². The number of nitrogens with one attached hydrogen (secondary N) is 2. The monoisotopic (exact) mass is 249 g/mol. The number of nitrogens with zero attached hydrogens (tertiary/aromatic N) is 1. The predicted molar refractivity (Wildman–Crippen MR) is 67.6 cm³/mol. The van der Waals surface area contributed by atoms with Gasteiger partial charge in [-0.2, -0.15) is 0 Å². The first-order chi connectivity index (χ1) is 8.54. The van der Waals surface area contributed by atoms with Gasteiger partial charge in [-0.3, -0.25) is 5.32 Å². The number of anilines is 1. The van der Waals surface area contributed by atoms with E-state index < -0.39 is 6.09 Å². The molecular weight excluding hydrogens is 234 g/mol. The second-order valence-corrected chi connectivity index (χ2v) is 4.40. The van der Waals surface area contributed by atoms with E-state index in [1.54, 1.807) is 6.07 Å². The quantitative estimate of drug-likeness (QED) is 0.779. The van der Waals surface area contributed by atoms with E-state index in [0.29, 0.717) is 23.6 Å². The number of hydrogen-bond donors (Lipinski definition) is 3. The lowest BCUT2D eigenvalue weighted by Gasteiger charge is -2.06. The molecule has 2 rings (SSSR count). The minimum absolute atomic E-state index is 0.139. The zero-order valence-electron chi connectivity index (χ0n) is 10.2. The summed E-state index contributed by atoms with van der Waals surface area (Å²) in [6.45, 7) is 4.27. The number of aromatic hydroxyl groups is 1. The Hall–Kier alpha value is -2.24. The van der Waals surface area contributed by atoms with Gasteiger partial charge in [0, 0.05) is 6.07 Å². The molecule has 0 fully saturated rings. The molecule has 0 saturated heterocycles. The van der Waals surface area contributed by atoms with E-state index in [4.69, 9.17) is 4.74 Å². The summed E-state index contributed by atoms with van der Waals surface area (Å²) in [5.41, 5.74) is 1.31. The average Bonchev–Trinajstić information content (AvgIpc) is 2.67. The highest BCUT2D eigenvalue weighted by molar-refractivity contribution is 5.86. The van der Waals surface area contributed by atoms with Gasteiger partial charge in [-0.05, 0) is 18.1 Å². The number of aromatic nitrogens is 2. The maximum absolute atomic E-state index is 11.4. The normalized spacial score (nSPS) is 10.8. The van der Waals surface area contributed by atoms with Crippen LogP contribution >= 0.6 is 0 Å². The topological polar surface area (TPSA) is 87.2 Å². The lowest BCUT2D eigenvalue weighted by atomic mass is 10.2. The van der Waals surface area contributed by atoms with Gasteiger partial charge < -0.3 is 14.8 Å². The number of phenols is 1. The smallest absolute Gasteiger partial charge is 0.413 e. The van der Waals surface area contributed by atoms with E-state index in [9.17, 15) is 9.90 Å². The Morgan fingerprint density at radius 2 is 2.33 bits per heavy atom. The van der Waals surface area contributed by atoms with Crippen molar-refractivity contribution in [3.05, 3.63) is 18.2 Å². The lowest BCUT2D eigenvalue weighted by Crippen LogP contribution is -2.17. The first-order valence-corrected chi connectivity index (χ1v) is 5.67. The molecule has 6 nitrogen and oxygen atoms in total. The fourth-order valence-electron chi connectivity index (χ4n) is 1.43. The van der Waals surface area contributed by atoms with Crippen molar-refractivity contribution >= 4 is 23.1 Å². The second kappa shape index (κ2) is 4.95. The largest absolute Gasteiger partial charge is 0.508 e. The van der Waals surface area contributed by atoms with Gasteiger partial charge in [0.05, 0.1) is 17.6 Å². The van der Waals surface area contributed by atoms with Crippen LogP contribution in [0.4, 0.5) is 10.7 Å². The maximum atomic E-state index is 11.4. The number of aromatic amines is 1. The minimum Gasteiger partial charge on any atom is -0.508 e.